The average molecular weight is 286 g/mol. The zero-order chi connectivity index (χ0) is 15.1. The highest BCUT2D eigenvalue weighted by molar-refractivity contribution is 5.92. The molecular formula is C15H18N4O2. The molecule has 0 spiro atoms. The monoisotopic (exact) mass is 286 g/mol. The predicted molar refractivity (Wildman–Crippen MR) is 82.7 cm³/mol. The number of methoxy groups -OCH3 is 2. The van der Waals surface area contributed by atoms with Crippen LogP contribution in [0.4, 0.5) is 5.69 Å². The number of rotatable bonds is 5. The van der Waals surface area contributed by atoms with Crippen molar-refractivity contribution in [2.45, 2.75) is 6.54 Å². The molecule has 6 nitrogen and oxygen atoms in total. The number of nitrogens with two attached hydrogens (primary N) is 1. The van der Waals surface area contributed by atoms with E-state index in [1.165, 1.54) is 0 Å². The fourth-order valence-corrected chi connectivity index (χ4v) is 1.66. The minimum Gasteiger partial charge on any atom is -0.497 e. The maximum absolute atomic E-state index is 5.84. The molecular weight excluding hydrogens is 268 g/mol. The smallest absolute Gasteiger partial charge is 0.212 e. The third-order valence-corrected chi connectivity index (χ3v) is 2.80. The summed E-state index contributed by atoms with van der Waals surface area (Å²) in [6.45, 7) is 0.450. The van der Waals surface area contributed by atoms with Crippen molar-refractivity contribution in [2.75, 3.05) is 19.5 Å². The normalized spacial score (nSPS) is 11.0. The van der Waals surface area contributed by atoms with Gasteiger partial charge in [-0.15, -0.1) is 0 Å². The highest BCUT2D eigenvalue weighted by atomic mass is 16.5. The van der Waals surface area contributed by atoms with Gasteiger partial charge in [-0.2, -0.15) is 0 Å². The first-order chi connectivity index (χ1) is 10.2. The lowest BCUT2D eigenvalue weighted by molar-refractivity contribution is 0.397. The van der Waals surface area contributed by atoms with Crippen LogP contribution in [0.3, 0.4) is 0 Å². The molecule has 1 heterocycles. The number of nitrogens with one attached hydrogen (secondary N) is 1. The van der Waals surface area contributed by atoms with Gasteiger partial charge in [0.05, 0.1) is 20.8 Å². The quantitative estimate of drug-likeness (QED) is 0.649. The van der Waals surface area contributed by atoms with Crippen LogP contribution in [0, 0.1) is 0 Å². The van der Waals surface area contributed by atoms with Gasteiger partial charge in [-0.1, -0.05) is 6.07 Å². The number of aromatic nitrogens is 1. The lowest BCUT2D eigenvalue weighted by atomic mass is 10.3. The Morgan fingerprint density at radius 3 is 2.48 bits per heavy atom. The van der Waals surface area contributed by atoms with Gasteiger partial charge in [0.15, 0.2) is 5.96 Å². The molecule has 0 radical (unpaired) electrons. The van der Waals surface area contributed by atoms with Crippen molar-refractivity contribution in [1.29, 1.82) is 0 Å². The van der Waals surface area contributed by atoms with E-state index in [0.717, 1.165) is 17.0 Å². The molecule has 0 atom stereocenters. The predicted octanol–water partition coefficient (Wildman–Crippen LogP) is 2.03. The maximum atomic E-state index is 5.84. The van der Waals surface area contributed by atoms with Crippen molar-refractivity contribution < 1.29 is 9.47 Å². The van der Waals surface area contributed by atoms with Crippen LogP contribution in [-0.2, 0) is 6.54 Å². The molecule has 0 saturated heterocycles. The molecule has 1 aromatic carbocycles. The Hall–Kier alpha value is -2.76. The average Bonchev–Trinajstić information content (AvgIpc) is 2.54. The molecule has 0 saturated carbocycles. The first kappa shape index (κ1) is 14.6. The summed E-state index contributed by atoms with van der Waals surface area (Å²) in [7, 11) is 3.21. The van der Waals surface area contributed by atoms with Crippen LogP contribution in [0.5, 0.6) is 11.6 Å². The van der Waals surface area contributed by atoms with Crippen LogP contribution in [0.1, 0.15) is 5.56 Å². The van der Waals surface area contributed by atoms with E-state index < -0.39 is 0 Å². The van der Waals surface area contributed by atoms with Crippen molar-refractivity contribution >= 4 is 11.6 Å². The third kappa shape index (κ3) is 4.38. The van der Waals surface area contributed by atoms with Crippen molar-refractivity contribution in [3.63, 3.8) is 0 Å². The minimum absolute atomic E-state index is 0.344. The molecule has 0 amide bonds. The van der Waals surface area contributed by atoms with Crippen molar-refractivity contribution in [1.82, 2.24) is 4.98 Å². The Morgan fingerprint density at radius 2 is 1.90 bits per heavy atom. The van der Waals surface area contributed by atoms with E-state index in [4.69, 9.17) is 15.2 Å². The number of hydrogen-bond acceptors (Lipinski definition) is 4. The van der Waals surface area contributed by atoms with E-state index >= 15 is 0 Å². The zero-order valence-corrected chi connectivity index (χ0v) is 12.0. The van der Waals surface area contributed by atoms with Crippen LogP contribution < -0.4 is 20.5 Å². The van der Waals surface area contributed by atoms with Gasteiger partial charge in [-0.05, 0) is 29.8 Å². The Kier molecular flexibility index (Phi) is 4.98. The number of guanidine groups is 1. The van der Waals surface area contributed by atoms with E-state index in [1.54, 1.807) is 26.5 Å². The van der Waals surface area contributed by atoms with Gasteiger partial charge in [0, 0.05) is 18.0 Å². The summed E-state index contributed by atoms with van der Waals surface area (Å²) in [4.78, 5) is 8.37. The lowest BCUT2D eigenvalue weighted by Crippen LogP contribution is -2.22. The molecule has 2 aromatic rings. The molecule has 21 heavy (non-hydrogen) atoms. The number of nitrogens with zero attached hydrogens (tertiary/aromatic N) is 2. The van der Waals surface area contributed by atoms with Gasteiger partial charge >= 0.3 is 0 Å². The second-order valence-electron chi connectivity index (χ2n) is 4.26. The Morgan fingerprint density at radius 1 is 1.14 bits per heavy atom. The molecule has 0 bridgehead atoms. The molecule has 0 aliphatic heterocycles. The van der Waals surface area contributed by atoms with Crippen LogP contribution in [0.25, 0.3) is 0 Å². The van der Waals surface area contributed by atoms with Gasteiger partial charge in [-0.3, -0.25) is 0 Å². The second kappa shape index (κ2) is 7.14. The fraction of sp³-hybridized carbons (Fsp3) is 0.200. The number of anilines is 1. The van der Waals surface area contributed by atoms with Gasteiger partial charge in [-0.25, -0.2) is 9.98 Å². The highest BCUT2D eigenvalue weighted by Gasteiger charge is 1.98. The van der Waals surface area contributed by atoms with E-state index in [2.05, 4.69) is 15.3 Å². The largest absolute Gasteiger partial charge is 0.497 e. The molecule has 3 N–H and O–H groups in total. The van der Waals surface area contributed by atoms with Gasteiger partial charge < -0.3 is 20.5 Å². The van der Waals surface area contributed by atoms with Crippen molar-refractivity contribution in [3.8, 4) is 11.6 Å². The molecule has 0 aliphatic rings. The van der Waals surface area contributed by atoms with E-state index in [-0.39, 0.29) is 0 Å². The topological polar surface area (TPSA) is 81.8 Å². The number of pyridine rings is 1. The van der Waals surface area contributed by atoms with E-state index in [0.29, 0.717) is 18.4 Å². The molecule has 0 unspecified atom stereocenters. The first-order valence-electron chi connectivity index (χ1n) is 6.41. The SMILES string of the molecule is COc1ccc(NC(N)=NCc2ccc(OC)nc2)cc1. The highest BCUT2D eigenvalue weighted by Crippen LogP contribution is 2.14. The zero-order valence-electron chi connectivity index (χ0n) is 12.0. The van der Waals surface area contributed by atoms with Gasteiger partial charge in [0.25, 0.3) is 0 Å². The molecule has 0 fully saturated rings. The summed E-state index contributed by atoms with van der Waals surface area (Å²) in [5, 5.41) is 3.01. The summed E-state index contributed by atoms with van der Waals surface area (Å²) in [5.74, 6) is 1.71. The van der Waals surface area contributed by atoms with Crippen LogP contribution in [-0.4, -0.2) is 25.2 Å². The van der Waals surface area contributed by atoms with Gasteiger partial charge in [0.1, 0.15) is 5.75 Å². The molecule has 110 valence electrons. The van der Waals surface area contributed by atoms with Crippen molar-refractivity contribution in [2.24, 2.45) is 10.7 Å². The summed E-state index contributed by atoms with van der Waals surface area (Å²) >= 11 is 0. The van der Waals surface area contributed by atoms with Crippen molar-refractivity contribution in [3.05, 3.63) is 48.2 Å². The maximum Gasteiger partial charge on any atom is 0.212 e. The number of aliphatic imine (C=N–C) groups is 1. The molecule has 1 aromatic heterocycles. The Labute approximate surface area is 123 Å². The summed E-state index contributed by atoms with van der Waals surface area (Å²) < 4.78 is 10.1. The summed E-state index contributed by atoms with van der Waals surface area (Å²) in [6, 6.07) is 11.1. The summed E-state index contributed by atoms with van der Waals surface area (Å²) in [5.41, 5.74) is 7.65. The fourth-order valence-electron chi connectivity index (χ4n) is 1.66. The van der Waals surface area contributed by atoms with E-state index in [9.17, 15) is 0 Å². The standard InChI is InChI=1S/C15H18N4O2/c1-20-13-6-4-12(5-7-13)19-15(16)18-10-11-3-8-14(21-2)17-9-11/h3-9H,10H2,1-2H3,(H3,16,18,19). The van der Waals surface area contributed by atoms with Crippen LogP contribution in [0.15, 0.2) is 47.6 Å². The number of ether oxygens (including phenoxy) is 2. The van der Waals surface area contributed by atoms with Gasteiger partial charge in [0.2, 0.25) is 5.88 Å². The molecule has 2 rings (SSSR count). The molecule has 6 heteroatoms. The Bertz CT molecular complexity index is 594. The number of hydrogen-bond donors (Lipinski definition) is 2. The third-order valence-electron chi connectivity index (χ3n) is 2.80. The first-order valence-corrected chi connectivity index (χ1v) is 6.41. The minimum atomic E-state index is 0.344. The van der Waals surface area contributed by atoms with E-state index in [1.807, 2.05) is 30.3 Å². The molecule has 0 aliphatic carbocycles. The Balaban J connectivity index is 1.93. The second-order valence-corrected chi connectivity index (χ2v) is 4.26. The van der Waals surface area contributed by atoms with Crippen LogP contribution in [0.2, 0.25) is 0 Å². The lowest BCUT2D eigenvalue weighted by Gasteiger charge is -2.06. The summed E-state index contributed by atoms with van der Waals surface area (Å²) in [6.07, 6.45) is 1.71. The number of benzene rings is 1. The van der Waals surface area contributed by atoms with Crippen LogP contribution >= 0.6 is 0 Å².